The number of benzene rings is 1. The Hall–Kier alpha value is -1.56. The van der Waals surface area contributed by atoms with Crippen molar-refractivity contribution >= 4 is 34.0 Å². The second kappa shape index (κ2) is 11.1. The Kier molecular flexibility index (Phi) is 10.3. The number of carboxylic acids is 1. The minimum absolute atomic E-state index is 0.219. The largest absolute Gasteiger partial charge is 0.481 e. The minimum Gasteiger partial charge on any atom is -0.481 e. The molecule has 1 aromatic carbocycles. The number of anilines is 1. The molecule has 21 heavy (non-hydrogen) atoms. The molecule has 3 N–H and O–H groups in total. The van der Waals surface area contributed by atoms with E-state index in [2.05, 4.69) is 26.6 Å². The second-order valence-electron chi connectivity index (χ2n) is 4.95. The van der Waals surface area contributed by atoms with Crippen LogP contribution in [-0.2, 0) is 9.59 Å². The van der Waals surface area contributed by atoms with Gasteiger partial charge in [-0.05, 0) is 36.6 Å². The maximum Gasteiger partial charge on any atom is 0.308 e. The quantitative estimate of drug-likeness (QED) is 0.654. The van der Waals surface area contributed by atoms with Crippen molar-refractivity contribution in [2.24, 2.45) is 11.8 Å². The van der Waals surface area contributed by atoms with Gasteiger partial charge in [0.05, 0.1) is 5.92 Å². The number of hydrogen-bond acceptors (Lipinski definition) is 3. The first-order chi connectivity index (χ1) is 9.90. The zero-order valence-electron chi connectivity index (χ0n) is 12.6. The summed E-state index contributed by atoms with van der Waals surface area (Å²) in [5.74, 6) is -0.979. The standard InChI is InChI=1S/C8H15NO3.C7H8BrN/c1-6(2)3-7(8(11)12)4-9-5-10;1-9-7-4-2-6(8)3-5-7/h5-7H,3-4H2,1-2H3,(H,9,10)(H,11,12);2-5,9H,1H3. The molecule has 6 heteroatoms. The molecule has 1 unspecified atom stereocenters. The Balaban J connectivity index is 0.000000394. The van der Waals surface area contributed by atoms with Crippen LogP contribution in [0.1, 0.15) is 20.3 Å². The molecule has 0 fully saturated rings. The van der Waals surface area contributed by atoms with E-state index in [1.165, 1.54) is 0 Å². The van der Waals surface area contributed by atoms with Crippen LogP contribution in [0, 0.1) is 11.8 Å². The number of hydrogen-bond donors (Lipinski definition) is 3. The molecule has 1 atom stereocenters. The lowest BCUT2D eigenvalue weighted by Gasteiger charge is -2.13. The van der Waals surface area contributed by atoms with Gasteiger partial charge in [-0.25, -0.2) is 0 Å². The van der Waals surface area contributed by atoms with Crippen molar-refractivity contribution in [2.45, 2.75) is 20.3 Å². The summed E-state index contributed by atoms with van der Waals surface area (Å²) in [4.78, 5) is 20.5. The molecule has 0 aliphatic carbocycles. The van der Waals surface area contributed by atoms with Gasteiger partial charge >= 0.3 is 5.97 Å². The summed E-state index contributed by atoms with van der Waals surface area (Å²) in [6.07, 6.45) is 1.12. The molecule has 0 spiro atoms. The summed E-state index contributed by atoms with van der Waals surface area (Å²) < 4.78 is 1.11. The molecule has 1 rings (SSSR count). The molecule has 0 bridgehead atoms. The summed E-state index contributed by atoms with van der Waals surface area (Å²) in [6, 6.07) is 8.05. The average Bonchev–Trinajstić information content (AvgIpc) is 2.44. The van der Waals surface area contributed by atoms with Crippen molar-refractivity contribution in [3.63, 3.8) is 0 Å². The topological polar surface area (TPSA) is 78.4 Å². The Morgan fingerprint density at radius 2 is 1.90 bits per heavy atom. The zero-order valence-corrected chi connectivity index (χ0v) is 14.2. The molecule has 0 aromatic heterocycles. The third-order valence-corrected chi connectivity index (χ3v) is 3.21. The number of amides is 1. The van der Waals surface area contributed by atoms with Crippen LogP contribution >= 0.6 is 15.9 Å². The van der Waals surface area contributed by atoms with Crippen LogP contribution in [0.25, 0.3) is 0 Å². The fourth-order valence-electron chi connectivity index (χ4n) is 1.65. The van der Waals surface area contributed by atoms with E-state index < -0.39 is 11.9 Å². The summed E-state index contributed by atoms with van der Waals surface area (Å²) in [7, 11) is 1.91. The summed E-state index contributed by atoms with van der Waals surface area (Å²) in [6.45, 7) is 4.13. The summed E-state index contributed by atoms with van der Waals surface area (Å²) in [5, 5.41) is 14.1. The van der Waals surface area contributed by atoms with E-state index in [1.54, 1.807) is 0 Å². The lowest BCUT2D eigenvalue weighted by atomic mass is 9.97. The van der Waals surface area contributed by atoms with Crippen LogP contribution in [-0.4, -0.2) is 31.1 Å². The van der Waals surface area contributed by atoms with Gasteiger partial charge in [-0.3, -0.25) is 9.59 Å². The van der Waals surface area contributed by atoms with Gasteiger partial charge in [-0.2, -0.15) is 0 Å². The average molecular weight is 359 g/mol. The predicted octanol–water partition coefficient (Wildman–Crippen LogP) is 2.97. The van der Waals surface area contributed by atoms with Crippen molar-refractivity contribution in [1.82, 2.24) is 5.32 Å². The normalized spacial score (nSPS) is 11.1. The summed E-state index contributed by atoms with van der Waals surface area (Å²) in [5.41, 5.74) is 1.14. The van der Waals surface area contributed by atoms with Crippen molar-refractivity contribution < 1.29 is 14.7 Å². The van der Waals surface area contributed by atoms with Crippen LogP contribution in [0.4, 0.5) is 5.69 Å². The molecule has 1 aromatic rings. The van der Waals surface area contributed by atoms with Crippen molar-refractivity contribution in [2.75, 3.05) is 18.9 Å². The fourth-order valence-corrected chi connectivity index (χ4v) is 1.91. The smallest absolute Gasteiger partial charge is 0.308 e. The van der Waals surface area contributed by atoms with E-state index in [9.17, 15) is 9.59 Å². The van der Waals surface area contributed by atoms with E-state index in [1.807, 2.05) is 45.2 Å². The number of rotatable bonds is 7. The van der Waals surface area contributed by atoms with E-state index in [0.717, 1.165) is 10.2 Å². The van der Waals surface area contributed by atoms with Crippen LogP contribution in [0.15, 0.2) is 28.7 Å². The first-order valence-electron chi connectivity index (χ1n) is 6.73. The molecule has 118 valence electrons. The molecular weight excluding hydrogens is 336 g/mol. The van der Waals surface area contributed by atoms with Gasteiger partial charge in [0.2, 0.25) is 6.41 Å². The number of nitrogens with one attached hydrogen (secondary N) is 2. The van der Waals surface area contributed by atoms with E-state index >= 15 is 0 Å². The van der Waals surface area contributed by atoms with Gasteiger partial charge in [0.25, 0.3) is 0 Å². The van der Waals surface area contributed by atoms with Crippen molar-refractivity contribution in [3.8, 4) is 0 Å². The van der Waals surface area contributed by atoms with Gasteiger partial charge < -0.3 is 15.7 Å². The summed E-state index contributed by atoms with van der Waals surface area (Å²) >= 11 is 3.35. The molecule has 0 aliphatic heterocycles. The van der Waals surface area contributed by atoms with Crippen molar-refractivity contribution in [1.29, 1.82) is 0 Å². The van der Waals surface area contributed by atoms with Crippen LogP contribution in [0.2, 0.25) is 0 Å². The number of aliphatic carboxylic acids is 1. The number of carboxylic acid groups (broad SMARTS) is 1. The van der Waals surface area contributed by atoms with Crippen LogP contribution in [0.3, 0.4) is 0 Å². The van der Waals surface area contributed by atoms with Gasteiger partial charge in [-0.1, -0.05) is 29.8 Å². The van der Waals surface area contributed by atoms with Crippen molar-refractivity contribution in [3.05, 3.63) is 28.7 Å². The number of carbonyl (C=O) groups is 2. The second-order valence-corrected chi connectivity index (χ2v) is 5.86. The highest BCUT2D eigenvalue weighted by Crippen LogP contribution is 2.13. The molecule has 0 saturated carbocycles. The molecule has 0 saturated heterocycles. The highest BCUT2D eigenvalue weighted by Gasteiger charge is 2.17. The fraction of sp³-hybridized carbons (Fsp3) is 0.467. The molecular formula is C15H23BrN2O3. The number of carbonyl (C=O) groups excluding carboxylic acids is 1. The van der Waals surface area contributed by atoms with Gasteiger partial charge in [0.1, 0.15) is 0 Å². The van der Waals surface area contributed by atoms with Gasteiger partial charge in [0, 0.05) is 23.8 Å². The Morgan fingerprint density at radius 3 is 2.29 bits per heavy atom. The van der Waals surface area contributed by atoms with Crippen LogP contribution in [0.5, 0.6) is 0 Å². The zero-order chi connectivity index (χ0) is 16.3. The molecule has 0 aliphatic rings. The highest BCUT2D eigenvalue weighted by atomic mass is 79.9. The predicted molar refractivity (Wildman–Crippen MR) is 88.3 cm³/mol. The Morgan fingerprint density at radius 1 is 1.33 bits per heavy atom. The number of halogens is 1. The SMILES string of the molecule is CC(C)CC(CNC=O)C(=O)O.CNc1ccc(Br)cc1. The van der Waals surface area contributed by atoms with E-state index in [0.29, 0.717) is 18.7 Å². The molecule has 0 radical (unpaired) electrons. The Labute approximate surface area is 134 Å². The lowest BCUT2D eigenvalue weighted by Crippen LogP contribution is -2.28. The third-order valence-electron chi connectivity index (χ3n) is 2.69. The Bertz CT molecular complexity index is 421. The minimum atomic E-state index is -0.849. The molecule has 0 heterocycles. The van der Waals surface area contributed by atoms with Gasteiger partial charge in [0.15, 0.2) is 0 Å². The first-order valence-corrected chi connectivity index (χ1v) is 7.53. The van der Waals surface area contributed by atoms with E-state index in [-0.39, 0.29) is 6.54 Å². The third kappa shape index (κ3) is 9.90. The maximum absolute atomic E-state index is 10.6. The van der Waals surface area contributed by atoms with Gasteiger partial charge in [-0.15, -0.1) is 0 Å². The highest BCUT2D eigenvalue weighted by molar-refractivity contribution is 9.10. The van der Waals surface area contributed by atoms with Crippen LogP contribution < -0.4 is 10.6 Å². The lowest BCUT2D eigenvalue weighted by molar-refractivity contribution is -0.142. The van der Waals surface area contributed by atoms with E-state index in [4.69, 9.17) is 5.11 Å². The monoisotopic (exact) mass is 358 g/mol. The molecule has 5 nitrogen and oxygen atoms in total. The molecule has 1 amide bonds. The first kappa shape index (κ1) is 19.4. The maximum atomic E-state index is 10.6.